The Balaban J connectivity index is 2.49. The van der Waals surface area contributed by atoms with Crippen molar-refractivity contribution in [1.82, 2.24) is 5.32 Å². The van der Waals surface area contributed by atoms with Gasteiger partial charge in [0.1, 0.15) is 11.5 Å². The summed E-state index contributed by atoms with van der Waals surface area (Å²) in [6, 6.07) is 5.35. The molecule has 0 saturated carbocycles. The van der Waals surface area contributed by atoms with E-state index in [9.17, 15) is 9.59 Å². The van der Waals surface area contributed by atoms with Crippen molar-refractivity contribution in [2.24, 2.45) is 0 Å². The number of rotatable bonds is 3. The summed E-state index contributed by atoms with van der Waals surface area (Å²) >= 11 is 0. The van der Waals surface area contributed by atoms with Gasteiger partial charge in [-0.05, 0) is 24.6 Å². The summed E-state index contributed by atoms with van der Waals surface area (Å²) in [6.45, 7) is 1.80. The number of ether oxygens (including phenoxy) is 2. The van der Waals surface area contributed by atoms with Crippen molar-refractivity contribution in [2.45, 2.75) is 13.3 Å². The van der Waals surface area contributed by atoms with Gasteiger partial charge in [-0.15, -0.1) is 0 Å². The van der Waals surface area contributed by atoms with Crippen LogP contribution in [-0.2, 0) is 9.59 Å². The lowest BCUT2D eigenvalue weighted by Crippen LogP contribution is -2.19. The number of benzene rings is 1. The second-order valence-corrected chi connectivity index (χ2v) is 4.22. The Bertz CT molecular complexity index is 575. The Morgan fingerprint density at radius 3 is 2.47 bits per heavy atom. The van der Waals surface area contributed by atoms with Gasteiger partial charge in [0.2, 0.25) is 5.91 Å². The Kier molecular flexibility index (Phi) is 3.55. The molecule has 0 atom stereocenters. The van der Waals surface area contributed by atoms with Gasteiger partial charge in [0.05, 0.1) is 20.6 Å². The Morgan fingerprint density at radius 1 is 1.21 bits per heavy atom. The molecule has 1 aromatic rings. The topological polar surface area (TPSA) is 64.6 Å². The fourth-order valence-corrected chi connectivity index (χ4v) is 2.06. The normalized spacial score (nSPS) is 17.2. The van der Waals surface area contributed by atoms with E-state index in [4.69, 9.17) is 9.47 Å². The van der Waals surface area contributed by atoms with Crippen LogP contribution in [0.1, 0.15) is 18.9 Å². The first-order chi connectivity index (χ1) is 9.06. The summed E-state index contributed by atoms with van der Waals surface area (Å²) in [5.74, 6) is 0.675. The number of allylic oxidation sites excluding steroid dienone is 1. The van der Waals surface area contributed by atoms with E-state index in [2.05, 4.69) is 5.32 Å². The highest BCUT2D eigenvalue weighted by Crippen LogP contribution is 2.33. The number of hydrogen-bond acceptors (Lipinski definition) is 4. The third kappa shape index (κ3) is 2.45. The quantitative estimate of drug-likeness (QED) is 0.662. The van der Waals surface area contributed by atoms with Gasteiger partial charge in [0.25, 0.3) is 5.91 Å². The molecule has 1 heterocycles. The summed E-state index contributed by atoms with van der Waals surface area (Å²) in [7, 11) is 3.12. The number of hydrogen-bond donors (Lipinski definition) is 1. The van der Waals surface area contributed by atoms with Gasteiger partial charge in [-0.2, -0.15) is 0 Å². The van der Waals surface area contributed by atoms with Gasteiger partial charge >= 0.3 is 0 Å². The molecule has 1 aromatic carbocycles. The van der Waals surface area contributed by atoms with Gasteiger partial charge < -0.3 is 9.47 Å². The fourth-order valence-electron chi connectivity index (χ4n) is 2.06. The largest absolute Gasteiger partial charge is 0.497 e. The molecule has 2 rings (SSSR count). The SMILES string of the molecule is COc1ccc(C(C)=C2CC(=O)NC2=O)c(OC)c1. The first-order valence-corrected chi connectivity index (χ1v) is 5.83. The highest BCUT2D eigenvalue weighted by atomic mass is 16.5. The van der Waals surface area contributed by atoms with Crippen LogP contribution in [0.3, 0.4) is 0 Å². The van der Waals surface area contributed by atoms with Crippen LogP contribution in [0.5, 0.6) is 11.5 Å². The van der Waals surface area contributed by atoms with E-state index in [-0.39, 0.29) is 18.2 Å². The van der Waals surface area contributed by atoms with Crippen molar-refractivity contribution in [2.75, 3.05) is 14.2 Å². The van der Waals surface area contributed by atoms with E-state index in [0.717, 1.165) is 11.1 Å². The van der Waals surface area contributed by atoms with Crippen molar-refractivity contribution in [3.05, 3.63) is 29.3 Å². The van der Waals surface area contributed by atoms with Gasteiger partial charge in [0, 0.05) is 17.2 Å². The van der Waals surface area contributed by atoms with Crippen LogP contribution in [0.2, 0.25) is 0 Å². The molecule has 0 spiro atoms. The average Bonchev–Trinajstić information content (AvgIpc) is 2.76. The Morgan fingerprint density at radius 2 is 1.95 bits per heavy atom. The van der Waals surface area contributed by atoms with Gasteiger partial charge in [-0.25, -0.2) is 0 Å². The minimum Gasteiger partial charge on any atom is -0.497 e. The monoisotopic (exact) mass is 261 g/mol. The Labute approximate surface area is 111 Å². The summed E-state index contributed by atoms with van der Waals surface area (Å²) in [5, 5.41) is 2.28. The van der Waals surface area contributed by atoms with Crippen molar-refractivity contribution >= 4 is 17.4 Å². The van der Waals surface area contributed by atoms with E-state index >= 15 is 0 Å². The molecular weight excluding hydrogens is 246 g/mol. The van der Waals surface area contributed by atoms with Gasteiger partial charge in [-0.3, -0.25) is 14.9 Å². The molecule has 19 heavy (non-hydrogen) atoms. The second kappa shape index (κ2) is 5.14. The van der Waals surface area contributed by atoms with Crippen LogP contribution >= 0.6 is 0 Å². The molecule has 5 heteroatoms. The molecule has 0 radical (unpaired) electrons. The van der Waals surface area contributed by atoms with Crippen molar-refractivity contribution in [1.29, 1.82) is 0 Å². The maximum atomic E-state index is 11.7. The van der Waals surface area contributed by atoms with Crippen molar-refractivity contribution in [3.8, 4) is 11.5 Å². The zero-order chi connectivity index (χ0) is 14.0. The lowest BCUT2D eigenvalue weighted by Gasteiger charge is -2.12. The van der Waals surface area contributed by atoms with E-state index in [1.807, 2.05) is 6.07 Å². The zero-order valence-electron chi connectivity index (χ0n) is 11.1. The van der Waals surface area contributed by atoms with Crippen LogP contribution in [0, 0.1) is 0 Å². The summed E-state index contributed by atoms with van der Waals surface area (Å²) in [4.78, 5) is 22.9. The molecule has 0 unspecified atom stereocenters. The van der Waals surface area contributed by atoms with Gasteiger partial charge in [0.15, 0.2) is 0 Å². The maximum Gasteiger partial charge on any atom is 0.254 e. The molecule has 0 bridgehead atoms. The summed E-state index contributed by atoms with van der Waals surface area (Å²) in [5.41, 5.74) is 2.00. The van der Waals surface area contributed by atoms with E-state index in [1.165, 1.54) is 0 Å². The highest BCUT2D eigenvalue weighted by molar-refractivity contribution is 6.17. The van der Waals surface area contributed by atoms with E-state index in [0.29, 0.717) is 17.1 Å². The molecule has 1 fully saturated rings. The smallest absolute Gasteiger partial charge is 0.254 e. The average molecular weight is 261 g/mol. The third-order valence-corrected chi connectivity index (χ3v) is 3.13. The minimum absolute atomic E-state index is 0.111. The molecule has 100 valence electrons. The number of carbonyl (C=O) groups is 2. The molecule has 1 aliphatic rings. The van der Waals surface area contributed by atoms with Crippen LogP contribution in [-0.4, -0.2) is 26.0 Å². The molecule has 1 aliphatic heterocycles. The first kappa shape index (κ1) is 13.1. The zero-order valence-corrected chi connectivity index (χ0v) is 11.1. The number of nitrogens with one attached hydrogen (secondary N) is 1. The molecular formula is C14H15NO4. The lowest BCUT2D eigenvalue weighted by molar-refractivity contribution is -0.124. The molecule has 0 aromatic heterocycles. The van der Waals surface area contributed by atoms with E-state index < -0.39 is 0 Å². The van der Waals surface area contributed by atoms with Crippen molar-refractivity contribution < 1.29 is 19.1 Å². The first-order valence-electron chi connectivity index (χ1n) is 5.83. The predicted molar refractivity (Wildman–Crippen MR) is 69.9 cm³/mol. The lowest BCUT2D eigenvalue weighted by atomic mass is 9.99. The fraction of sp³-hybridized carbons (Fsp3) is 0.286. The van der Waals surface area contributed by atoms with Gasteiger partial charge in [-0.1, -0.05) is 0 Å². The number of methoxy groups -OCH3 is 2. The molecule has 1 N–H and O–H groups in total. The molecule has 1 saturated heterocycles. The van der Waals surface area contributed by atoms with E-state index in [1.54, 1.807) is 33.3 Å². The van der Waals surface area contributed by atoms with Crippen molar-refractivity contribution in [3.63, 3.8) is 0 Å². The standard InChI is InChI=1S/C14H15NO4/c1-8(11-7-13(16)15-14(11)17)10-5-4-9(18-2)6-12(10)19-3/h4-6H,7H2,1-3H3,(H,15,16,17). The number of carbonyl (C=O) groups excluding carboxylic acids is 2. The minimum atomic E-state index is -0.333. The maximum absolute atomic E-state index is 11.7. The molecule has 0 aliphatic carbocycles. The van der Waals surface area contributed by atoms with Crippen LogP contribution < -0.4 is 14.8 Å². The summed E-state index contributed by atoms with van der Waals surface area (Å²) in [6.07, 6.45) is 0.111. The van der Waals surface area contributed by atoms with Crippen LogP contribution in [0.25, 0.3) is 5.57 Å². The highest BCUT2D eigenvalue weighted by Gasteiger charge is 2.27. The Hall–Kier alpha value is -2.30. The van der Waals surface area contributed by atoms with Crippen LogP contribution in [0.15, 0.2) is 23.8 Å². The molecule has 2 amide bonds. The predicted octanol–water partition coefficient (Wildman–Crippen LogP) is 1.52. The van der Waals surface area contributed by atoms with Crippen LogP contribution in [0.4, 0.5) is 0 Å². The summed E-state index contributed by atoms with van der Waals surface area (Å²) < 4.78 is 10.4. The number of amides is 2. The number of imide groups is 1. The molecule has 5 nitrogen and oxygen atoms in total. The second-order valence-electron chi connectivity index (χ2n) is 4.22. The third-order valence-electron chi connectivity index (χ3n) is 3.13.